The minimum absolute atomic E-state index is 0.229. The van der Waals surface area contributed by atoms with Crippen molar-refractivity contribution >= 4 is 21.9 Å². The maximum absolute atomic E-state index is 11.2. The number of esters is 1. The molecular weight excluding hydrogens is 312 g/mol. The van der Waals surface area contributed by atoms with Gasteiger partial charge in [0.05, 0.1) is 24.8 Å². The maximum Gasteiger partial charge on any atom is 0.305 e. The number of rotatable bonds is 7. The molecule has 1 aromatic rings. The van der Waals surface area contributed by atoms with Gasteiger partial charge in [0.2, 0.25) is 0 Å². The largest absolute Gasteiger partial charge is 0.493 e. The molecule has 0 spiro atoms. The Balaban J connectivity index is 2.94. The summed E-state index contributed by atoms with van der Waals surface area (Å²) in [5, 5.41) is 0. The van der Waals surface area contributed by atoms with Crippen molar-refractivity contribution in [3.05, 3.63) is 22.2 Å². The highest BCUT2D eigenvalue weighted by Crippen LogP contribution is 2.34. The zero-order chi connectivity index (χ0) is 14.3. The Kier molecular flexibility index (Phi) is 6.70. The van der Waals surface area contributed by atoms with Crippen LogP contribution in [0.3, 0.4) is 0 Å². The van der Waals surface area contributed by atoms with Crippen LogP contribution in [0.25, 0.3) is 0 Å². The Bertz CT molecular complexity index is 432. The number of ether oxygens (including phenoxy) is 3. The highest BCUT2D eigenvalue weighted by Gasteiger charge is 2.12. The van der Waals surface area contributed by atoms with Gasteiger partial charge >= 0.3 is 5.97 Å². The highest BCUT2D eigenvalue weighted by molar-refractivity contribution is 9.10. The van der Waals surface area contributed by atoms with Gasteiger partial charge in [0.1, 0.15) is 11.5 Å². The van der Waals surface area contributed by atoms with E-state index >= 15 is 0 Å². The molecule has 0 aliphatic rings. The third-order valence-corrected chi connectivity index (χ3v) is 3.16. The van der Waals surface area contributed by atoms with Crippen molar-refractivity contribution in [2.45, 2.75) is 26.7 Å². The van der Waals surface area contributed by atoms with Gasteiger partial charge in [0.25, 0.3) is 0 Å². The van der Waals surface area contributed by atoms with Crippen molar-refractivity contribution in [1.29, 1.82) is 0 Å². The molecule has 0 aromatic heterocycles. The van der Waals surface area contributed by atoms with Crippen LogP contribution in [0.5, 0.6) is 11.5 Å². The van der Waals surface area contributed by atoms with Crippen LogP contribution >= 0.6 is 15.9 Å². The number of hydrogen-bond acceptors (Lipinski definition) is 4. The van der Waals surface area contributed by atoms with Gasteiger partial charge < -0.3 is 14.2 Å². The molecule has 0 radical (unpaired) electrons. The lowest BCUT2D eigenvalue weighted by molar-refractivity contribution is -0.140. The van der Waals surface area contributed by atoms with Crippen molar-refractivity contribution < 1.29 is 19.0 Å². The summed E-state index contributed by atoms with van der Waals surface area (Å²) in [6.45, 7) is 5.01. The van der Waals surface area contributed by atoms with Crippen molar-refractivity contribution in [3.63, 3.8) is 0 Å². The molecule has 0 bridgehead atoms. The summed E-state index contributed by atoms with van der Waals surface area (Å²) in [6.07, 6.45) is 0.907. The van der Waals surface area contributed by atoms with Crippen LogP contribution < -0.4 is 9.47 Å². The van der Waals surface area contributed by atoms with Gasteiger partial charge in [-0.25, -0.2) is 0 Å². The molecule has 1 aromatic carbocycles. The number of aryl methyl sites for hydroxylation is 1. The normalized spacial score (nSPS) is 10.1. The highest BCUT2D eigenvalue weighted by atomic mass is 79.9. The van der Waals surface area contributed by atoms with Crippen LogP contribution in [-0.2, 0) is 16.0 Å². The fraction of sp³-hybridized carbons (Fsp3) is 0.500. The Hall–Kier alpha value is -1.23. The van der Waals surface area contributed by atoms with E-state index in [0.717, 1.165) is 21.5 Å². The standard InChI is InChI=1S/C14H19BrO4/c1-4-18-12-9-13(19-5-2)11(15)8-10(12)6-7-14(16)17-3/h8-9H,4-7H2,1-3H3. The Morgan fingerprint density at radius 2 is 1.79 bits per heavy atom. The summed E-state index contributed by atoms with van der Waals surface area (Å²) >= 11 is 3.46. The zero-order valence-electron chi connectivity index (χ0n) is 11.5. The van der Waals surface area contributed by atoms with E-state index in [1.54, 1.807) is 0 Å². The Labute approximate surface area is 122 Å². The topological polar surface area (TPSA) is 44.8 Å². The smallest absolute Gasteiger partial charge is 0.305 e. The third-order valence-electron chi connectivity index (χ3n) is 2.54. The van der Waals surface area contributed by atoms with Gasteiger partial charge in [-0.3, -0.25) is 4.79 Å². The van der Waals surface area contributed by atoms with Crippen molar-refractivity contribution in [1.82, 2.24) is 0 Å². The summed E-state index contributed by atoms with van der Waals surface area (Å²) in [5.41, 5.74) is 0.961. The molecule has 19 heavy (non-hydrogen) atoms. The SMILES string of the molecule is CCOc1cc(OCC)c(CCC(=O)OC)cc1Br. The fourth-order valence-corrected chi connectivity index (χ4v) is 2.17. The second kappa shape index (κ2) is 8.04. The second-order valence-corrected chi connectivity index (χ2v) is 4.69. The molecule has 4 nitrogen and oxygen atoms in total. The Morgan fingerprint density at radius 3 is 2.37 bits per heavy atom. The molecule has 1 rings (SSSR count). The van der Waals surface area contributed by atoms with Gasteiger partial charge in [0.15, 0.2) is 0 Å². The van der Waals surface area contributed by atoms with E-state index < -0.39 is 0 Å². The van der Waals surface area contributed by atoms with Crippen molar-refractivity contribution in [2.75, 3.05) is 20.3 Å². The number of benzene rings is 1. The number of halogens is 1. The van der Waals surface area contributed by atoms with Crippen LogP contribution in [0.2, 0.25) is 0 Å². The summed E-state index contributed by atoms with van der Waals surface area (Å²) in [5.74, 6) is 1.26. The molecule has 0 saturated carbocycles. The number of hydrogen-bond donors (Lipinski definition) is 0. The van der Waals surface area contributed by atoms with Gasteiger partial charge in [-0.15, -0.1) is 0 Å². The van der Waals surface area contributed by atoms with E-state index in [1.165, 1.54) is 7.11 Å². The summed E-state index contributed by atoms with van der Waals surface area (Å²) < 4.78 is 16.6. The van der Waals surface area contributed by atoms with Crippen molar-refractivity contribution in [3.8, 4) is 11.5 Å². The average Bonchev–Trinajstić information content (AvgIpc) is 2.40. The summed E-state index contributed by atoms with van der Waals surface area (Å²) in [4.78, 5) is 11.2. The third kappa shape index (κ3) is 4.74. The monoisotopic (exact) mass is 330 g/mol. The molecule has 0 N–H and O–H groups in total. The number of carbonyl (C=O) groups is 1. The molecule has 106 valence electrons. The molecule has 0 unspecified atom stereocenters. The first-order chi connectivity index (χ1) is 9.12. The first-order valence-electron chi connectivity index (χ1n) is 6.27. The summed E-state index contributed by atoms with van der Waals surface area (Å²) in [7, 11) is 1.39. The molecule has 0 saturated heterocycles. The Morgan fingerprint density at radius 1 is 1.16 bits per heavy atom. The van der Waals surface area contributed by atoms with Gasteiger partial charge in [0, 0.05) is 12.5 Å². The van der Waals surface area contributed by atoms with Gasteiger partial charge in [-0.1, -0.05) is 0 Å². The minimum Gasteiger partial charge on any atom is -0.493 e. The molecule has 0 atom stereocenters. The predicted octanol–water partition coefficient (Wildman–Crippen LogP) is 3.35. The van der Waals surface area contributed by atoms with E-state index in [-0.39, 0.29) is 5.97 Å². The van der Waals surface area contributed by atoms with E-state index in [1.807, 2.05) is 26.0 Å². The first-order valence-corrected chi connectivity index (χ1v) is 7.06. The van der Waals surface area contributed by atoms with Gasteiger partial charge in [-0.05, 0) is 47.8 Å². The number of carbonyl (C=O) groups excluding carboxylic acids is 1. The predicted molar refractivity (Wildman–Crippen MR) is 76.8 cm³/mol. The fourth-order valence-electron chi connectivity index (χ4n) is 1.67. The molecule has 0 aliphatic heterocycles. The van der Waals surface area contributed by atoms with E-state index in [4.69, 9.17) is 9.47 Å². The molecule has 0 aliphatic carbocycles. The van der Waals surface area contributed by atoms with E-state index in [2.05, 4.69) is 20.7 Å². The quantitative estimate of drug-likeness (QED) is 0.719. The maximum atomic E-state index is 11.2. The van der Waals surface area contributed by atoms with Crippen LogP contribution in [0.1, 0.15) is 25.8 Å². The van der Waals surface area contributed by atoms with Crippen LogP contribution in [0.4, 0.5) is 0 Å². The molecule has 0 heterocycles. The molecular formula is C14H19BrO4. The van der Waals surface area contributed by atoms with Crippen molar-refractivity contribution in [2.24, 2.45) is 0 Å². The van der Waals surface area contributed by atoms with E-state index in [9.17, 15) is 4.79 Å². The first kappa shape index (κ1) is 15.8. The molecule has 0 fully saturated rings. The van der Waals surface area contributed by atoms with Crippen LogP contribution in [0.15, 0.2) is 16.6 Å². The lowest BCUT2D eigenvalue weighted by Gasteiger charge is -2.14. The number of methoxy groups -OCH3 is 1. The van der Waals surface area contributed by atoms with Gasteiger partial charge in [-0.2, -0.15) is 0 Å². The lowest BCUT2D eigenvalue weighted by Crippen LogP contribution is -2.04. The summed E-state index contributed by atoms with van der Waals surface area (Å²) in [6, 6.07) is 3.78. The van der Waals surface area contributed by atoms with Crippen LogP contribution in [0, 0.1) is 0 Å². The minimum atomic E-state index is -0.229. The second-order valence-electron chi connectivity index (χ2n) is 3.83. The van der Waals surface area contributed by atoms with Crippen LogP contribution in [-0.4, -0.2) is 26.3 Å². The molecule has 0 amide bonds. The molecule has 5 heteroatoms. The zero-order valence-corrected chi connectivity index (χ0v) is 13.1. The average molecular weight is 331 g/mol. The van der Waals surface area contributed by atoms with E-state index in [0.29, 0.717) is 26.1 Å². The lowest BCUT2D eigenvalue weighted by atomic mass is 10.1.